The number of ether oxygens (including phenoxy) is 2. The SMILES string of the molecule is CCON=C(COc1ccc(Cc2ccc(OCC=C(Cl)Cl)cc2)cc1)C(C)(C)C. The topological polar surface area (TPSA) is 40.0 Å². The van der Waals surface area contributed by atoms with E-state index >= 15 is 0 Å². The van der Waals surface area contributed by atoms with Gasteiger partial charge in [0.05, 0.1) is 5.71 Å². The number of rotatable bonds is 10. The van der Waals surface area contributed by atoms with Crippen LogP contribution in [0.4, 0.5) is 0 Å². The fraction of sp³-hybridized carbons (Fsp3) is 0.375. The molecule has 4 nitrogen and oxygen atoms in total. The highest BCUT2D eigenvalue weighted by molar-refractivity contribution is 6.55. The van der Waals surface area contributed by atoms with Gasteiger partial charge in [0, 0.05) is 5.41 Å². The molecule has 0 unspecified atom stereocenters. The van der Waals surface area contributed by atoms with Crippen molar-refractivity contribution in [1.82, 2.24) is 0 Å². The summed E-state index contributed by atoms with van der Waals surface area (Å²) in [6.45, 7) is 9.48. The Bertz CT molecular complexity index is 834. The number of halogens is 2. The van der Waals surface area contributed by atoms with Gasteiger partial charge in [-0.3, -0.25) is 0 Å². The first kappa shape index (κ1) is 24.1. The van der Waals surface area contributed by atoms with Crippen molar-refractivity contribution in [2.24, 2.45) is 10.6 Å². The number of benzene rings is 2. The first-order valence-electron chi connectivity index (χ1n) is 9.92. The maximum Gasteiger partial charge on any atom is 0.130 e. The quantitative estimate of drug-likeness (QED) is 0.296. The van der Waals surface area contributed by atoms with E-state index in [1.807, 2.05) is 43.3 Å². The molecule has 0 heterocycles. The molecule has 0 aromatic heterocycles. The van der Waals surface area contributed by atoms with E-state index in [4.69, 9.17) is 37.5 Å². The number of nitrogens with zero attached hydrogens (tertiary/aromatic N) is 1. The Morgan fingerprint density at radius 2 is 1.43 bits per heavy atom. The Hall–Kier alpha value is -2.17. The summed E-state index contributed by atoms with van der Waals surface area (Å²) in [6, 6.07) is 16.1. The molecule has 0 fully saturated rings. The second-order valence-corrected chi connectivity index (χ2v) is 8.77. The van der Waals surface area contributed by atoms with Crippen molar-refractivity contribution in [1.29, 1.82) is 0 Å². The molecular weight excluding hydrogens is 421 g/mol. The van der Waals surface area contributed by atoms with Gasteiger partial charge in [-0.05, 0) is 54.8 Å². The first-order chi connectivity index (χ1) is 14.3. The molecule has 30 heavy (non-hydrogen) atoms. The molecule has 0 atom stereocenters. The Labute approximate surface area is 189 Å². The van der Waals surface area contributed by atoms with E-state index in [2.05, 4.69) is 38.1 Å². The molecule has 2 aromatic rings. The van der Waals surface area contributed by atoms with Crippen LogP contribution < -0.4 is 9.47 Å². The highest BCUT2D eigenvalue weighted by atomic mass is 35.5. The predicted molar refractivity (Wildman–Crippen MR) is 125 cm³/mol. The Morgan fingerprint density at radius 3 is 1.90 bits per heavy atom. The third kappa shape index (κ3) is 8.68. The normalized spacial score (nSPS) is 11.7. The fourth-order valence-electron chi connectivity index (χ4n) is 2.52. The zero-order valence-electron chi connectivity index (χ0n) is 18.0. The van der Waals surface area contributed by atoms with Crippen LogP contribution in [0.2, 0.25) is 0 Å². The van der Waals surface area contributed by atoms with Crippen LogP contribution in [0, 0.1) is 5.41 Å². The van der Waals surface area contributed by atoms with Crippen LogP contribution in [-0.4, -0.2) is 25.5 Å². The van der Waals surface area contributed by atoms with Crippen LogP contribution in [0.15, 0.2) is 64.3 Å². The van der Waals surface area contributed by atoms with Gasteiger partial charge in [-0.1, -0.05) is 73.4 Å². The van der Waals surface area contributed by atoms with Crippen molar-refractivity contribution < 1.29 is 14.3 Å². The fourth-order valence-corrected chi connectivity index (χ4v) is 2.64. The molecule has 0 aliphatic carbocycles. The van der Waals surface area contributed by atoms with Crippen LogP contribution in [0.25, 0.3) is 0 Å². The second kappa shape index (κ2) is 11.9. The zero-order chi connectivity index (χ0) is 22.0. The van der Waals surface area contributed by atoms with Crippen LogP contribution >= 0.6 is 23.2 Å². The van der Waals surface area contributed by atoms with Gasteiger partial charge in [0.1, 0.15) is 35.8 Å². The maximum absolute atomic E-state index is 5.92. The van der Waals surface area contributed by atoms with Crippen molar-refractivity contribution in [3.63, 3.8) is 0 Å². The average molecular weight is 450 g/mol. The smallest absolute Gasteiger partial charge is 0.130 e. The van der Waals surface area contributed by atoms with E-state index in [1.165, 1.54) is 11.1 Å². The molecule has 0 radical (unpaired) electrons. The minimum Gasteiger partial charge on any atom is -0.489 e. The van der Waals surface area contributed by atoms with Gasteiger partial charge >= 0.3 is 0 Å². The van der Waals surface area contributed by atoms with Crippen LogP contribution in [0.1, 0.15) is 38.8 Å². The van der Waals surface area contributed by atoms with Crippen molar-refractivity contribution in [3.05, 3.63) is 70.2 Å². The van der Waals surface area contributed by atoms with Crippen LogP contribution in [0.3, 0.4) is 0 Å². The summed E-state index contributed by atoms with van der Waals surface area (Å²) in [5.74, 6) is 1.58. The molecule has 2 aromatic carbocycles. The predicted octanol–water partition coefficient (Wildman–Crippen LogP) is 6.79. The molecule has 0 saturated carbocycles. The van der Waals surface area contributed by atoms with E-state index in [0.29, 0.717) is 19.8 Å². The molecule has 0 N–H and O–H groups in total. The Morgan fingerprint density at radius 1 is 0.900 bits per heavy atom. The lowest BCUT2D eigenvalue weighted by Gasteiger charge is -2.21. The monoisotopic (exact) mass is 449 g/mol. The zero-order valence-corrected chi connectivity index (χ0v) is 19.5. The van der Waals surface area contributed by atoms with Crippen LogP contribution in [0.5, 0.6) is 11.5 Å². The molecule has 0 aliphatic heterocycles. The van der Waals surface area contributed by atoms with E-state index in [-0.39, 0.29) is 9.91 Å². The lowest BCUT2D eigenvalue weighted by atomic mass is 9.90. The summed E-state index contributed by atoms with van der Waals surface area (Å²) < 4.78 is 11.7. The van der Waals surface area contributed by atoms with E-state index in [0.717, 1.165) is 23.6 Å². The average Bonchev–Trinajstić information content (AvgIpc) is 2.69. The lowest BCUT2D eigenvalue weighted by molar-refractivity contribution is 0.152. The van der Waals surface area contributed by atoms with Gasteiger partial charge in [0.15, 0.2) is 0 Å². The van der Waals surface area contributed by atoms with Crippen molar-refractivity contribution in [2.45, 2.75) is 34.1 Å². The molecule has 162 valence electrons. The van der Waals surface area contributed by atoms with Gasteiger partial charge < -0.3 is 14.3 Å². The van der Waals surface area contributed by atoms with Crippen LogP contribution in [-0.2, 0) is 11.3 Å². The lowest BCUT2D eigenvalue weighted by Crippen LogP contribution is -2.27. The molecule has 0 aliphatic rings. The van der Waals surface area contributed by atoms with Gasteiger partial charge in [0.25, 0.3) is 0 Å². The van der Waals surface area contributed by atoms with Crippen molar-refractivity contribution >= 4 is 28.9 Å². The van der Waals surface area contributed by atoms with Gasteiger partial charge in [0.2, 0.25) is 0 Å². The molecule has 2 rings (SSSR count). The minimum absolute atomic E-state index is 0.114. The number of hydrogen-bond donors (Lipinski definition) is 0. The number of hydrogen-bond acceptors (Lipinski definition) is 4. The molecular formula is C24H29Cl2NO3. The summed E-state index contributed by atoms with van der Waals surface area (Å²) in [7, 11) is 0. The summed E-state index contributed by atoms with van der Waals surface area (Å²) in [6.07, 6.45) is 2.43. The van der Waals surface area contributed by atoms with Gasteiger partial charge in [-0.2, -0.15) is 0 Å². The molecule has 0 bridgehead atoms. The van der Waals surface area contributed by atoms with Crippen molar-refractivity contribution in [3.8, 4) is 11.5 Å². The molecule has 0 saturated heterocycles. The Balaban J connectivity index is 1.90. The Kier molecular flexibility index (Phi) is 9.54. The summed E-state index contributed by atoms with van der Waals surface area (Å²) in [4.78, 5) is 5.22. The third-order valence-corrected chi connectivity index (χ3v) is 4.60. The number of oxime groups is 1. The third-order valence-electron chi connectivity index (χ3n) is 4.29. The summed E-state index contributed by atoms with van der Waals surface area (Å²) in [5, 5.41) is 4.20. The van der Waals surface area contributed by atoms with E-state index in [1.54, 1.807) is 6.08 Å². The summed E-state index contributed by atoms with van der Waals surface area (Å²) in [5.41, 5.74) is 3.16. The second-order valence-electron chi connectivity index (χ2n) is 7.76. The van der Waals surface area contributed by atoms with Crippen molar-refractivity contribution in [2.75, 3.05) is 19.8 Å². The molecule has 6 heteroatoms. The highest BCUT2D eigenvalue weighted by Gasteiger charge is 2.20. The summed E-state index contributed by atoms with van der Waals surface area (Å²) >= 11 is 11.1. The first-order valence-corrected chi connectivity index (χ1v) is 10.7. The van der Waals surface area contributed by atoms with Gasteiger partial charge in [-0.15, -0.1) is 0 Å². The maximum atomic E-state index is 5.92. The highest BCUT2D eigenvalue weighted by Crippen LogP contribution is 2.20. The molecule has 0 spiro atoms. The van der Waals surface area contributed by atoms with E-state index < -0.39 is 0 Å². The minimum atomic E-state index is -0.114. The van der Waals surface area contributed by atoms with Gasteiger partial charge in [-0.25, -0.2) is 0 Å². The standard InChI is InChI=1S/C24H29Cl2NO3/c1-5-30-27-22(24(2,3)4)17-29-21-12-8-19(9-13-21)16-18-6-10-20(11-7-18)28-15-14-23(25)26/h6-14H,5,15-17H2,1-4H3. The largest absolute Gasteiger partial charge is 0.489 e. The van der Waals surface area contributed by atoms with E-state index in [9.17, 15) is 0 Å². The molecule has 0 amide bonds.